The summed E-state index contributed by atoms with van der Waals surface area (Å²) in [5.74, 6) is 6.43. The molecule has 23 heavy (non-hydrogen) atoms. The molecule has 1 fully saturated rings. The molecule has 118 valence electrons. The van der Waals surface area contributed by atoms with Crippen LogP contribution in [0.15, 0.2) is 42.7 Å². The van der Waals surface area contributed by atoms with Crippen LogP contribution >= 0.6 is 0 Å². The van der Waals surface area contributed by atoms with Gasteiger partial charge in [0.1, 0.15) is 5.75 Å². The summed E-state index contributed by atoms with van der Waals surface area (Å²) in [5, 5.41) is 0. The molecule has 1 aromatic carbocycles. The quantitative estimate of drug-likeness (QED) is 0.884. The first-order chi connectivity index (χ1) is 11.2. The second kappa shape index (κ2) is 7.23. The first-order valence-electron chi connectivity index (χ1n) is 7.55. The molecule has 4 nitrogen and oxygen atoms in total. The maximum Gasteiger partial charge on any atom is 0.165 e. The third-order valence-corrected chi connectivity index (χ3v) is 3.67. The van der Waals surface area contributed by atoms with Crippen LogP contribution in [0.25, 0.3) is 0 Å². The molecule has 0 aliphatic carbocycles. The van der Waals surface area contributed by atoms with Crippen molar-refractivity contribution in [3.8, 4) is 23.3 Å². The number of hydrogen-bond acceptors (Lipinski definition) is 4. The zero-order valence-corrected chi connectivity index (χ0v) is 12.7. The van der Waals surface area contributed by atoms with Crippen LogP contribution < -0.4 is 10.5 Å². The number of hydrogen-bond donors (Lipinski definition) is 1. The zero-order chi connectivity index (χ0) is 16.1. The molecule has 1 aliphatic rings. The molecule has 0 saturated carbocycles. The van der Waals surface area contributed by atoms with Gasteiger partial charge in [0.15, 0.2) is 11.6 Å². The highest BCUT2D eigenvalue weighted by molar-refractivity contribution is 5.46. The number of aromatic nitrogens is 1. The van der Waals surface area contributed by atoms with Crippen LogP contribution in [0.1, 0.15) is 12.0 Å². The third-order valence-electron chi connectivity index (χ3n) is 3.67. The van der Waals surface area contributed by atoms with Crippen LogP contribution in [0.5, 0.6) is 11.5 Å². The number of ether oxygens (including phenoxy) is 1. The lowest BCUT2D eigenvalue weighted by Gasteiger charge is -2.10. The van der Waals surface area contributed by atoms with Crippen molar-refractivity contribution < 1.29 is 9.13 Å². The molecule has 0 spiro atoms. The largest absolute Gasteiger partial charge is 0.453 e. The summed E-state index contributed by atoms with van der Waals surface area (Å²) in [5.41, 5.74) is 6.52. The Morgan fingerprint density at radius 3 is 2.96 bits per heavy atom. The van der Waals surface area contributed by atoms with Crippen LogP contribution in [0.3, 0.4) is 0 Å². The number of nitrogens with two attached hydrogens (primary N) is 1. The van der Waals surface area contributed by atoms with Gasteiger partial charge in [-0.2, -0.15) is 0 Å². The fourth-order valence-corrected chi connectivity index (χ4v) is 2.46. The number of halogens is 1. The molecule has 2 aromatic rings. The van der Waals surface area contributed by atoms with Gasteiger partial charge in [0.25, 0.3) is 0 Å². The van der Waals surface area contributed by atoms with Gasteiger partial charge in [-0.25, -0.2) is 4.39 Å². The molecule has 0 radical (unpaired) electrons. The maximum atomic E-state index is 13.7. The summed E-state index contributed by atoms with van der Waals surface area (Å²) < 4.78 is 19.3. The fourth-order valence-electron chi connectivity index (χ4n) is 2.46. The summed E-state index contributed by atoms with van der Waals surface area (Å²) in [6.45, 7) is 2.50. The number of nitrogens with zero attached hydrogens (tertiary/aromatic N) is 2. The Bertz CT molecular complexity index is 738. The van der Waals surface area contributed by atoms with Crippen molar-refractivity contribution in [2.75, 3.05) is 19.6 Å². The van der Waals surface area contributed by atoms with E-state index in [0.717, 1.165) is 19.5 Å². The molecule has 3 rings (SSSR count). The molecule has 1 unspecified atom stereocenters. The average Bonchev–Trinajstić information content (AvgIpc) is 2.97. The standard InChI is InChI=1S/C18H18FN3O/c19-16-5-1-2-6-18(16)23-17-7-9-21-12-14(17)4-3-10-22-11-8-15(20)13-22/h1-2,5-7,9,12,15H,8,10-11,13,20H2. The van der Waals surface area contributed by atoms with Crippen molar-refractivity contribution in [1.29, 1.82) is 0 Å². The van der Waals surface area contributed by atoms with E-state index in [9.17, 15) is 4.39 Å². The number of pyridine rings is 1. The first kappa shape index (κ1) is 15.5. The van der Waals surface area contributed by atoms with Crippen molar-refractivity contribution in [3.63, 3.8) is 0 Å². The van der Waals surface area contributed by atoms with E-state index in [2.05, 4.69) is 21.7 Å². The minimum atomic E-state index is -0.408. The lowest BCUT2D eigenvalue weighted by atomic mass is 10.2. The molecule has 2 heterocycles. The Kier molecular flexibility index (Phi) is 4.86. The van der Waals surface area contributed by atoms with Crippen LogP contribution in [-0.2, 0) is 0 Å². The van der Waals surface area contributed by atoms with Crippen molar-refractivity contribution in [1.82, 2.24) is 9.88 Å². The molecule has 2 N–H and O–H groups in total. The number of para-hydroxylation sites is 1. The summed E-state index contributed by atoms with van der Waals surface area (Å²) in [6.07, 6.45) is 4.23. The van der Waals surface area contributed by atoms with Crippen molar-refractivity contribution in [2.24, 2.45) is 5.73 Å². The van der Waals surface area contributed by atoms with Crippen LogP contribution in [0.2, 0.25) is 0 Å². The van der Waals surface area contributed by atoms with Gasteiger partial charge in [0, 0.05) is 37.6 Å². The maximum absolute atomic E-state index is 13.7. The number of likely N-dealkylation sites (tertiary alicyclic amines) is 1. The minimum absolute atomic E-state index is 0.173. The summed E-state index contributed by atoms with van der Waals surface area (Å²) in [7, 11) is 0. The lowest BCUT2D eigenvalue weighted by Crippen LogP contribution is -2.26. The van der Waals surface area contributed by atoms with E-state index in [4.69, 9.17) is 10.5 Å². The predicted octanol–water partition coefficient (Wildman–Crippen LogP) is 2.40. The van der Waals surface area contributed by atoms with Crippen LogP contribution in [0.4, 0.5) is 4.39 Å². The predicted molar refractivity (Wildman–Crippen MR) is 86.6 cm³/mol. The van der Waals surface area contributed by atoms with Crippen molar-refractivity contribution in [3.05, 3.63) is 54.1 Å². The summed E-state index contributed by atoms with van der Waals surface area (Å²) in [6, 6.07) is 8.21. The van der Waals surface area contributed by atoms with E-state index in [1.54, 1.807) is 36.7 Å². The smallest absolute Gasteiger partial charge is 0.165 e. The minimum Gasteiger partial charge on any atom is -0.453 e. The SMILES string of the molecule is NC1CCN(CC#Cc2cnccc2Oc2ccccc2F)C1. The number of benzene rings is 1. The Hall–Kier alpha value is -2.42. The molecule has 0 amide bonds. The molecule has 1 saturated heterocycles. The first-order valence-corrected chi connectivity index (χ1v) is 7.55. The molecule has 1 atom stereocenters. The highest BCUT2D eigenvalue weighted by atomic mass is 19.1. The van der Waals surface area contributed by atoms with E-state index < -0.39 is 5.82 Å². The lowest BCUT2D eigenvalue weighted by molar-refractivity contribution is 0.377. The average molecular weight is 311 g/mol. The summed E-state index contributed by atoms with van der Waals surface area (Å²) in [4.78, 5) is 6.28. The zero-order valence-electron chi connectivity index (χ0n) is 12.7. The Balaban J connectivity index is 1.72. The van der Waals surface area contributed by atoms with Gasteiger partial charge in [-0.15, -0.1) is 0 Å². The van der Waals surface area contributed by atoms with E-state index in [0.29, 0.717) is 17.9 Å². The molecule has 1 aliphatic heterocycles. The van der Waals surface area contributed by atoms with Gasteiger partial charge in [0.2, 0.25) is 0 Å². The van der Waals surface area contributed by atoms with Gasteiger partial charge in [0.05, 0.1) is 12.1 Å². The van der Waals surface area contributed by atoms with E-state index in [1.165, 1.54) is 6.07 Å². The molecule has 5 heteroatoms. The van der Waals surface area contributed by atoms with Gasteiger partial charge in [-0.1, -0.05) is 24.0 Å². The second-order valence-electron chi connectivity index (χ2n) is 5.49. The van der Waals surface area contributed by atoms with E-state index >= 15 is 0 Å². The van der Waals surface area contributed by atoms with Crippen LogP contribution in [0, 0.1) is 17.7 Å². The van der Waals surface area contributed by atoms with Gasteiger partial charge in [-0.05, 0) is 18.6 Å². The molecular weight excluding hydrogens is 293 g/mol. The van der Waals surface area contributed by atoms with Gasteiger partial charge < -0.3 is 10.5 Å². The topological polar surface area (TPSA) is 51.4 Å². The number of rotatable bonds is 3. The molecule has 0 bridgehead atoms. The van der Waals surface area contributed by atoms with Gasteiger partial charge >= 0.3 is 0 Å². The second-order valence-corrected chi connectivity index (χ2v) is 5.49. The molecule has 1 aromatic heterocycles. The Morgan fingerprint density at radius 2 is 2.17 bits per heavy atom. The Morgan fingerprint density at radius 1 is 1.30 bits per heavy atom. The highest BCUT2D eigenvalue weighted by Gasteiger charge is 2.17. The monoisotopic (exact) mass is 311 g/mol. The van der Waals surface area contributed by atoms with E-state index in [-0.39, 0.29) is 11.8 Å². The van der Waals surface area contributed by atoms with E-state index in [1.807, 2.05) is 0 Å². The highest BCUT2D eigenvalue weighted by Crippen LogP contribution is 2.26. The summed E-state index contributed by atoms with van der Waals surface area (Å²) >= 11 is 0. The van der Waals surface area contributed by atoms with Crippen molar-refractivity contribution >= 4 is 0 Å². The fraction of sp³-hybridized carbons (Fsp3) is 0.278. The van der Waals surface area contributed by atoms with Gasteiger partial charge in [-0.3, -0.25) is 9.88 Å². The molecular formula is C18H18FN3O. The van der Waals surface area contributed by atoms with Crippen LogP contribution in [-0.4, -0.2) is 35.6 Å². The third kappa shape index (κ3) is 4.07. The van der Waals surface area contributed by atoms with Crippen molar-refractivity contribution in [2.45, 2.75) is 12.5 Å². The normalized spacial score (nSPS) is 17.6. The Labute approximate surface area is 135 Å².